The van der Waals surface area contributed by atoms with Gasteiger partial charge in [-0.15, -0.1) is 0 Å². The van der Waals surface area contributed by atoms with Crippen LogP contribution in [-0.2, 0) is 12.0 Å². The monoisotopic (exact) mass is 902 g/mol. The summed E-state index contributed by atoms with van der Waals surface area (Å²) in [5, 5.41) is 11.5. The topological polar surface area (TPSA) is 37.0 Å². The highest BCUT2D eigenvalue weighted by Crippen LogP contribution is 2.57. The van der Waals surface area contributed by atoms with Crippen molar-refractivity contribution in [2.45, 2.75) is 24.3 Å². The van der Waals surface area contributed by atoms with Crippen molar-refractivity contribution in [3.8, 4) is 16.8 Å². The van der Waals surface area contributed by atoms with Crippen LogP contribution >= 0.6 is 0 Å². The largest absolute Gasteiger partial charge is 0.311 e. The molecule has 2 N–H and O–H groups in total. The van der Waals surface area contributed by atoms with Crippen molar-refractivity contribution >= 4 is 46.2 Å². The molecular formula is C64H50N4Si. The van der Waals surface area contributed by atoms with Crippen LogP contribution < -0.4 is 21.3 Å². The predicted molar refractivity (Wildman–Crippen MR) is 287 cm³/mol. The Morgan fingerprint density at radius 1 is 0.449 bits per heavy atom. The molecule has 330 valence electrons. The van der Waals surface area contributed by atoms with Crippen molar-refractivity contribution in [1.29, 1.82) is 0 Å². The summed E-state index contributed by atoms with van der Waals surface area (Å²) >= 11 is 0. The molecule has 1 aliphatic carbocycles. The lowest BCUT2D eigenvalue weighted by atomic mass is 9.67. The van der Waals surface area contributed by atoms with Gasteiger partial charge in [0.1, 0.15) is 15.0 Å². The first-order valence-corrected chi connectivity index (χ1v) is 25.8. The van der Waals surface area contributed by atoms with Gasteiger partial charge in [-0.25, -0.2) is 5.01 Å². The number of para-hydroxylation sites is 1. The summed E-state index contributed by atoms with van der Waals surface area (Å²) in [5.41, 5.74) is 21.8. The SMILES string of the molecule is NC(c1cccc([SiH](c2ccccc2)c2ccccc2)c1)[N@@]1C(c2ccccc2)[N@@]1Cc1cccc(-n2c3ccccc3c3cc4c(cc32)-c2ccccc2C4(c2ccccc2)c2ccccc2)c1. The molecule has 1 saturated heterocycles. The van der Waals surface area contributed by atoms with E-state index in [-0.39, 0.29) is 12.3 Å². The van der Waals surface area contributed by atoms with E-state index >= 15 is 0 Å². The Balaban J connectivity index is 0.896. The van der Waals surface area contributed by atoms with E-state index in [0.29, 0.717) is 6.54 Å². The molecule has 13 rings (SSSR count). The fourth-order valence-corrected chi connectivity index (χ4v) is 14.8. The number of benzene rings is 10. The minimum atomic E-state index is -1.75. The van der Waals surface area contributed by atoms with Gasteiger partial charge < -0.3 is 10.3 Å². The first-order valence-electron chi connectivity index (χ1n) is 24.1. The van der Waals surface area contributed by atoms with Crippen LogP contribution in [0.2, 0.25) is 0 Å². The highest BCUT2D eigenvalue weighted by atomic mass is 28.3. The smallest absolute Gasteiger partial charge is 0.132 e. The molecule has 1 fully saturated rings. The van der Waals surface area contributed by atoms with Crippen LogP contribution in [0.1, 0.15) is 51.3 Å². The third kappa shape index (κ3) is 6.85. The van der Waals surface area contributed by atoms with Crippen molar-refractivity contribution < 1.29 is 0 Å². The molecule has 5 heteroatoms. The number of hydrogen-bond acceptors (Lipinski definition) is 3. The summed E-state index contributed by atoms with van der Waals surface area (Å²) in [7, 11) is -1.75. The third-order valence-electron chi connectivity index (χ3n) is 14.8. The number of nitrogens with zero attached hydrogens (tertiary/aromatic N) is 3. The third-order valence-corrected chi connectivity index (χ3v) is 17.9. The Labute approximate surface area is 405 Å². The number of aromatic nitrogens is 1. The molecule has 0 spiro atoms. The quantitative estimate of drug-likeness (QED) is 0.0798. The second-order valence-electron chi connectivity index (χ2n) is 18.6. The Morgan fingerprint density at radius 2 is 1.03 bits per heavy atom. The lowest BCUT2D eigenvalue weighted by Gasteiger charge is -2.33. The van der Waals surface area contributed by atoms with Gasteiger partial charge in [0.2, 0.25) is 0 Å². The number of hydrazine groups is 1. The molecule has 1 aliphatic heterocycles. The van der Waals surface area contributed by atoms with E-state index in [0.717, 1.165) is 11.3 Å². The van der Waals surface area contributed by atoms with Crippen LogP contribution in [-0.4, -0.2) is 23.4 Å². The van der Waals surface area contributed by atoms with Crippen molar-refractivity contribution in [2.75, 3.05) is 0 Å². The van der Waals surface area contributed by atoms with E-state index in [1.165, 1.54) is 81.9 Å². The minimum Gasteiger partial charge on any atom is -0.311 e. The molecule has 1 aromatic heterocycles. The average Bonchev–Trinajstić information content (AvgIpc) is 3.92. The summed E-state index contributed by atoms with van der Waals surface area (Å²) in [6, 6.07) is 96.1. The van der Waals surface area contributed by atoms with Crippen molar-refractivity contribution in [3.05, 3.63) is 300 Å². The molecule has 69 heavy (non-hydrogen) atoms. The number of hydrogen-bond donors (Lipinski definition) is 1. The van der Waals surface area contributed by atoms with Gasteiger partial charge in [0, 0.05) is 23.0 Å². The van der Waals surface area contributed by atoms with Crippen molar-refractivity contribution in [2.24, 2.45) is 5.73 Å². The molecule has 2 unspecified atom stereocenters. The lowest BCUT2D eigenvalue weighted by molar-refractivity contribution is 0.237. The zero-order chi connectivity index (χ0) is 45.9. The zero-order valence-electron chi connectivity index (χ0n) is 38.2. The Bertz CT molecular complexity index is 3550. The van der Waals surface area contributed by atoms with E-state index in [1.807, 2.05) is 0 Å². The van der Waals surface area contributed by atoms with Crippen LogP contribution in [0.4, 0.5) is 0 Å². The van der Waals surface area contributed by atoms with E-state index < -0.39 is 14.2 Å². The molecule has 0 radical (unpaired) electrons. The first kappa shape index (κ1) is 41.3. The highest BCUT2D eigenvalue weighted by molar-refractivity contribution is 6.95. The van der Waals surface area contributed by atoms with Gasteiger partial charge >= 0.3 is 0 Å². The molecule has 0 bridgehead atoms. The molecule has 4 nitrogen and oxygen atoms in total. The first-order chi connectivity index (χ1) is 34.2. The van der Waals surface area contributed by atoms with Gasteiger partial charge in [-0.3, -0.25) is 0 Å². The van der Waals surface area contributed by atoms with Gasteiger partial charge in [0.25, 0.3) is 0 Å². The maximum atomic E-state index is 7.42. The number of nitrogens with two attached hydrogens (primary N) is 1. The zero-order valence-corrected chi connectivity index (χ0v) is 39.3. The summed E-state index contributed by atoms with van der Waals surface area (Å²) < 4.78 is 2.48. The van der Waals surface area contributed by atoms with E-state index in [1.54, 1.807) is 0 Å². The van der Waals surface area contributed by atoms with E-state index in [4.69, 9.17) is 5.73 Å². The molecule has 4 atom stereocenters. The number of fused-ring (bicyclic) bond motifs is 6. The fraction of sp³-hybridized carbons (Fsp3) is 0.0625. The Kier molecular flexibility index (Phi) is 10.2. The summed E-state index contributed by atoms with van der Waals surface area (Å²) in [6.07, 6.45) is -0.295. The van der Waals surface area contributed by atoms with Crippen molar-refractivity contribution in [1.82, 2.24) is 14.6 Å². The molecular weight excluding hydrogens is 853 g/mol. The van der Waals surface area contributed by atoms with Gasteiger partial charge in [-0.1, -0.05) is 246 Å². The number of rotatable bonds is 11. The summed E-state index contributed by atoms with van der Waals surface area (Å²) in [4.78, 5) is 0. The second kappa shape index (κ2) is 17.0. The summed E-state index contributed by atoms with van der Waals surface area (Å²) in [5.74, 6) is 0. The summed E-state index contributed by atoms with van der Waals surface area (Å²) in [6.45, 7) is 0.711. The molecule has 11 aromatic rings. The second-order valence-corrected chi connectivity index (χ2v) is 21.5. The molecule has 2 aliphatic rings. The maximum absolute atomic E-state index is 7.42. The molecule has 0 saturated carbocycles. The van der Waals surface area contributed by atoms with Crippen LogP contribution in [0.15, 0.2) is 261 Å². The molecule has 2 heterocycles. The standard InChI is InChI=1S/C64H50N4Si/c65-62(47-25-21-35-53(41-47)69(51-31-12-4-13-32-51)52-33-14-5-15-34-52)68-63(46-23-6-1-7-24-46)66(68)44-45-22-20-30-50(40-45)67-60-39-19-17-37-55(60)57-42-59-56(43-61(57)67)54-36-16-18-38-58(54)64(59,48-26-8-2-9-27-48)49-28-10-3-11-29-49/h1-43,62-63,69H,44,65H2/t62?,63?,66-,68+/m1/s1. The van der Waals surface area contributed by atoms with Crippen LogP contribution in [0.3, 0.4) is 0 Å². The molecule has 10 aromatic carbocycles. The van der Waals surface area contributed by atoms with Gasteiger partial charge in [-0.05, 0) is 80.4 Å². The fourth-order valence-electron chi connectivity index (χ4n) is 11.8. The van der Waals surface area contributed by atoms with Crippen LogP contribution in [0.5, 0.6) is 0 Å². The van der Waals surface area contributed by atoms with Crippen molar-refractivity contribution in [3.63, 3.8) is 0 Å². The normalized spacial score (nSPS) is 17.2. The Morgan fingerprint density at radius 3 is 1.72 bits per heavy atom. The highest BCUT2D eigenvalue weighted by Gasteiger charge is 2.50. The maximum Gasteiger partial charge on any atom is 0.132 e. The van der Waals surface area contributed by atoms with E-state index in [9.17, 15) is 0 Å². The average molecular weight is 903 g/mol. The minimum absolute atomic E-state index is 0.0372. The van der Waals surface area contributed by atoms with E-state index in [2.05, 4.69) is 275 Å². The van der Waals surface area contributed by atoms with Gasteiger partial charge in [-0.2, -0.15) is 5.01 Å². The van der Waals surface area contributed by atoms with Crippen LogP contribution in [0.25, 0.3) is 38.6 Å². The predicted octanol–water partition coefficient (Wildman–Crippen LogP) is 11.8. The van der Waals surface area contributed by atoms with Crippen LogP contribution in [0, 0.1) is 0 Å². The Hall–Kier alpha value is -7.90. The molecule has 0 amide bonds. The lowest BCUT2D eigenvalue weighted by Crippen LogP contribution is -2.52. The van der Waals surface area contributed by atoms with Gasteiger partial charge in [0.05, 0.1) is 22.6 Å². The van der Waals surface area contributed by atoms with Gasteiger partial charge in [0.15, 0.2) is 0 Å².